The Labute approximate surface area is 188 Å². The van der Waals surface area contributed by atoms with Crippen molar-refractivity contribution in [1.29, 1.82) is 0 Å². The summed E-state index contributed by atoms with van der Waals surface area (Å²) >= 11 is 6.13. The number of hydrogen-bond donors (Lipinski definition) is 2. The molecule has 0 aromatic heterocycles. The van der Waals surface area contributed by atoms with Crippen LogP contribution in [0.1, 0.15) is 21.5 Å². The van der Waals surface area contributed by atoms with Gasteiger partial charge < -0.3 is 9.84 Å². The number of nitrogens with zero attached hydrogens (tertiary/aromatic N) is 1. The maximum Gasteiger partial charge on any atom is 0.335 e. The molecule has 2 N–H and O–H groups in total. The van der Waals surface area contributed by atoms with Crippen LogP contribution in [0, 0.1) is 0 Å². The summed E-state index contributed by atoms with van der Waals surface area (Å²) in [5.74, 6) is -1.61. The van der Waals surface area contributed by atoms with Crippen LogP contribution >= 0.6 is 11.6 Å². The highest BCUT2D eigenvalue weighted by molar-refractivity contribution is 6.32. The fraction of sp³-hybridized carbons (Fsp3) is 0.0417. The lowest BCUT2D eigenvalue weighted by Gasteiger charge is -2.14. The van der Waals surface area contributed by atoms with Gasteiger partial charge in [-0.2, -0.15) is 0 Å². The van der Waals surface area contributed by atoms with E-state index in [-0.39, 0.29) is 17.7 Å². The molecule has 0 saturated carbocycles. The van der Waals surface area contributed by atoms with E-state index in [4.69, 9.17) is 21.4 Å². The van der Waals surface area contributed by atoms with Crippen LogP contribution in [-0.2, 0) is 16.2 Å². The van der Waals surface area contributed by atoms with Gasteiger partial charge in [-0.15, -0.1) is 0 Å². The van der Waals surface area contributed by atoms with Gasteiger partial charge in [-0.3, -0.25) is 15.0 Å². The summed E-state index contributed by atoms with van der Waals surface area (Å²) in [6, 6.07) is 20.0. The number of carboxylic acid groups (broad SMARTS) is 1. The van der Waals surface area contributed by atoms with Crippen molar-refractivity contribution in [2.24, 2.45) is 0 Å². The average molecular weight is 449 g/mol. The first kappa shape index (κ1) is 21.1. The molecule has 0 unspecified atom stereocenters. The first-order valence-corrected chi connectivity index (χ1v) is 9.97. The summed E-state index contributed by atoms with van der Waals surface area (Å²) in [7, 11) is 0. The standard InChI is InChI=1S/C24H17ClN2O5/c25-18-10-11-21(32-14-15-6-8-16(9-7-15)24(30)31)17(12-18)13-20-22(28)26-27(23(20)29)19-4-2-1-3-5-19/h1-13H,14H2,(H,26,28)(H,30,31)/b20-13-. The third kappa shape index (κ3) is 4.48. The van der Waals surface area contributed by atoms with Crippen molar-refractivity contribution in [3.63, 3.8) is 0 Å². The summed E-state index contributed by atoms with van der Waals surface area (Å²) in [6.07, 6.45) is 1.44. The van der Waals surface area contributed by atoms with Gasteiger partial charge in [0.1, 0.15) is 17.9 Å². The van der Waals surface area contributed by atoms with Crippen LogP contribution in [0.4, 0.5) is 5.69 Å². The van der Waals surface area contributed by atoms with Gasteiger partial charge in [-0.25, -0.2) is 9.80 Å². The van der Waals surface area contributed by atoms with Gasteiger partial charge >= 0.3 is 5.97 Å². The minimum atomic E-state index is -1.01. The summed E-state index contributed by atoms with van der Waals surface area (Å²) in [6.45, 7) is 0.161. The van der Waals surface area contributed by atoms with Crippen molar-refractivity contribution >= 4 is 41.1 Å². The zero-order valence-corrected chi connectivity index (χ0v) is 17.4. The average Bonchev–Trinajstić information content (AvgIpc) is 3.08. The minimum absolute atomic E-state index is 0.0493. The lowest BCUT2D eigenvalue weighted by Crippen LogP contribution is -2.35. The monoisotopic (exact) mass is 448 g/mol. The lowest BCUT2D eigenvalue weighted by molar-refractivity contribution is -0.117. The van der Waals surface area contributed by atoms with Gasteiger partial charge in [-0.05, 0) is 54.1 Å². The van der Waals surface area contributed by atoms with E-state index in [2.05, 4.69) is 5.43 Å². The molecule has 1 aliphatic rings. The summed E-state index contributed by atoms with van der Waals surface area (Å²) in [5, 5.41) is 10.6. The van der Waals surface area contributed by atoms with E-state index in [9.17, 15) is 14.4 Å². The molecule has 1 fully saturated rings. The number of rotatable bonds is 6. The third-order valence-electron chi connectivity index (χ3n) is 4.77. The van der Waals surface area contributed by atoms with E-state index >= 15 is 0 Å². The zero-order valence-electron chi connectivity index (χ0n) is 16.6. The molecule has 0 spiro atoms. The van der Waals surface area contributed by atoms with Crippen LogP contribution in [0.3, 0.4) is 0 Å². The van der Waals surface area contributed by atoms with Crippen molar-refractivity contribution in [2.75, 3.05) is 5.01 Å². The number of amides is 2. The highest BCUT2D eigenvalue weighted by Gasteiger charge is 2.34. The quantitative estimate of drug-likeness (QED) is 0.437. The molecule has 2 amide bonds. The number of hydrogen-bond acceptors (Lipinski definition) is 4. The van der Waals surface area contributed by atoms with Gasteiger partial charge in [0.05, 0.1) is 11.3 Å². The highest BCUT2D eigenvalue weighted by Crippen LogP contribution is 2.28. The van der Waals surface area contributed by atoms with Crippen molar-refractivity contribution in [3.8, 4) is 5.75 Å². The number of carbonyl (C=O) groups excluding carboxylic acids is 2. The maximum atomic E-state index is 12.8. The number of benzene rings is 3. The molecule has 0 atom stereocenters. The second kappa shape index (κ2) is 8.95. The van der Waals surface area contributed by atoms with E-state index in [1.165, 1.54) is 23.2 Å². The Kier molecular flexibility index (Phi) is 5.91. The molecule has 7 nitrogen and oxygen atoms in total. The molecule has 0 aliphatic carbocycles. The fourth-order valence-corrected chi connectivity index (χ4v) is 3.32. The number of carboxylic acids is 1. The molecule has 1 saturated heterocycles. The summed E-state index contributed by atoms with van der Waals surface area (Å²) in [5.41, 5.74) is 4.45. The Bertz CT molecular complexity index is 1220. The maximum absolute atomic E-state index is 12.8. The largest absolute Gasteiger partial charge is 0.488 e. The number of anilines is 1. The Morgan fingerprint density at radius 1 is 1.03 bits per heavy atom. The van der Waals surface area contributed by atoms with Crippen LogP contribution < -0.4 is 15.2 Å². The van der Waals surface area contributed by atoms with Crippen LogP contribution in [0.25, 0.3) is 6.08 Å². The van der Waals surface area contributed by atoms with Crippen LogP contribution in [0.2, 0.25) is 5.02 Å². The molecule has 3 aromatic rings. The molecule has 32 heavy (non-hydrogen) atoms. The number of aromatic carboxylic acids is 1. The molecule has 1 aliphatic heterocycles. The number of hydrazine groups is 1. The predicted octanol–water partition coefficient (Wildman–Crippen LogP) is 4.08. The Morgan fingerprint density at radius 2 is 1.75 bits per heavy atom. The van der Waals surface area contributed by atoms with Crippen LogP contribution in [-0.4, -0.2) is 22.9 Å². The lowest BCUT2D eigenvalue weighted by atomic mass is 10.1. The second-order valence-electron chi connectivity index (χ2n) is 6.95. The Hall–Kier alpha value is -4.10. The van der Waals surface area contributed by atoms with E-state index in [1.807, 2.05) is 6.07 Å². The Balaban J connectivity index is 1.58. The molecule has 0 radical (unpaired) electrons. The number of halogens is 1. The molecular weight excluding hydrogens is 432 g/mol. The van der Waals surface area contributed by atoms with E-state index in [0.717, 1.165) is 5.56 Å². The molecular formula is C24H17ClN2O5. The van der Waals surface area contributed by atoms with E-state index in [1.54, 1.807) is 54.6 Å². The first-order chi connectivity index (χ1) is 15.4. The predicted molar refractivity (Wildman–Crippen MR) is 119 cm³/mol. The summed E-state index contributed by atoms with van der Waals surface area (Å²) in [4.78, 5) is 36.3. The van der Waals surface area contributed by atoms with Crippen molar-refractivity contribution in [1.82, 2.24) is 5.43 Å². The molecule has 1 heterocycles. The normalized spacial score (nSPS) is 14.5. The van der Waals surface area contributed by atoms with E-state index in [0.29, 0.717) is 22.0 Å². The highest BCUT2D eigenvalue weighted by atomic mass is 35.5. The van der Waals surface area contributed by atoms with Gasteiger partial charge in [-0.1, -0.05) is 41.9 Å². The number of ether oxygens (including phenoxy) is 1. The first-order valence-electron chi connectivity index (χ1n) is 9.59. The van der Waals surface area contributed by atoms with Gasteiger partial charge in [0.25, 0.3) is 11.8 Å². The third-order valence-corrected chi connectivity index (χ3v) is 5.01. The number of carbonyl (C=O) groups is 3. The van der Waals surface area contributed by atoms with Crippen molar-refractivity contribution in [2.45, 2.75) is 6.61 Å². The smallest absolute Gasteiger partial charge is 0.335 e. The molecule has 160 valence electrons. The summed E-state index contributed by atoms with van der Waals surface area (Å²) < 4.78 is 5.86. The minimum Gasteiger partial charge on any atom is -0.488 e. The second-order valence-corrected chi connectivity index (χ2v) is 7.38. The van der Waals surface area contributed by atoms with Crippen molar-refractivity contribution in [3.05, 3.63) is 100 Å². The van der Waals surface area contributed by atoms with Crippen LogP contribution in [0.15, 0.2) is 78.4 Å². The molecule has 4 rings (SSSR count). The topological polar surface area (TPSA) is 95.9 Å². The molecule has 3 aromatic carbocycles. The Morgan fingerprint density at radius 3 is 2.44 bits per heavy atom. The SMILES string of the molecule is O=C1NN(c2ccccc2)C(=O)/C1=C\c1cc(Cl)ccc1OCc1ccc(C(=O)O)cc1. The molecule has 8 heteroatoms. The van der Waals surface area contributed by atoms with Gasteiger partial charge in [0, 0.05) is 10.6 Å². The number of para-hydroxylation sites is 1. The molecule has 0 bridgehead atoms. The number of nitrogens with one attached hydrogen (secondary N) is 1. The van der Waals surface area contributed by atoms with Crippen LogP contribution in [0.5, 0.6) is 5.75 Å². The van der Waals surface area contributed by atoms with Gasteiger partial charge in [0.2, 0.25) is 0 Å². The zero-order chi connectivity index (χ0) is 22.7. The van der Waals surface area contributed by atoms with Crippen molar-refractivity contribution < 1.29 is 24.2 Å². The van der Waals surface area contributed by atoms with E-state index < -0.39 is 17.8 Å². The van der Waals surface area contributed by atoms with Gasteiger partial charge in [0.15, 0.2) is 0 Å². The fourth-order valence-electron chi connectivity index (χ4n) is 3.14.